The van der Waals surface area contributed by atoms with Crippen molar-refractivity contribution >= 4 is 11.8 Å². The van der Waals surface area contributed by atoms with Crippen molar-refractivity contribution in [2.24, 2.45) is 11.7 Å². The predicted octanol–water partition coefficient (Wildman–Crippen LogP) is 4.21. The summed E-state index contributed by atoms with van der Waals surface area (Å²) >= 11 is 2.09. The van der Waals surface area contributed by atoms with Gasteiger partial charge in [-0.2, -0.15) is 11.8 Å². The van der Waals surface area contributed by atoms with Gasteiger partial charge < -0.3 is 5.73 Å². The average Bonchev–Trinajstić information content (AvgIpc) is 2.40. The Hall–Kier alpha value is -0.470. The first-order valence-corrected chi connectivity index (χ1v) is 8.72. The molecule has 1 aromatic rings. The fourth-order valence-electron chi connectivity index (χ4n) is 2.83. The number of nitrogens with two attached hydrogens (primary N) is 1. The summed E-state index contributed by atoms with van der Waals surface area (Å²) in [6, 6.07) is 9.35. The molecule has 0 saturated carbocycles. The SMILES string of the molecule is CC(C)c1ccc(CC(N)CC2CCSCC2)cc1. The molecule has 0 spiro atoms. The molecule has 2 heteroatoms. The standard InChI is InChI=1S/C17H27NS/c1-13(2)16-5-3-14(4-6-16)11-17(18)12-15-7-9-19-10-8-15/h3-6,13,15,17H,7-12,18H2,1-2H3. The lowest BCUT2D eigenvalue weighted by atomic mass is 9.91. The van der Waals surface area contributed by atoms with Crippen molar-refractivity contribution in [3.8, 4) is 0 Å². The zero-order chi connectivity index (χ0) is 13.7. The van der Waals surface area contributed by atoms with Crippen LogP contribution in [0.1, 0.15) is 50.2 Å². The first-order valence-electron chi connectivity index (χ1n) is 7.57. The molecule has 0 bridgehead atoms. The van der Waals surface area contributed by atoms with E-state index in [1.807, 2.05) is 0 Å². The quantitative estimate of drug-likeness (QED) is 0.872. The van der Waals surface area contributed by atoms with Crippen LogP contribution in [-0.2, 0) is 6.42 Å². The molecule has 1 aliphatic heterocycles. The number of hydrogen-bond acceptors (Lipinski definition) is 2. The van der Waals surface area contributed by atoms with E-state index < -0.39 is 0 Å². The highest BCUT2D eigenvalue weighted by Gasteiger charge is 2.17. The van der Waals surface area contributed by atoms with Gasteiger partial charge in [-0.05, 0) is 60.2 Å². The van der Waals surface area contributed by atoms with Crippen molar-refractivity contribution < 1.29 is 0 Å². The maximum Gasteiger partial charge on any atom is 0.00819 e. The van der Waals surface area contributed by atoms with Crippen LogP contribution in [0, 0.1) is 5.92 Å². The highest BCUT2D eigenvalue weighted by atomic mass is 32.2. The lowest BCUT2D eigenvalue weighted by molar-refractivity contribution is 0.406. The highest BCUT2D eigenvalue weighted by Crippen LogP contribution is 2.26. The van der Waals surface area contributed by atoms with Crippen LogP contribution in [0.15, 0.2) is 24.3 Å². The Labute approximate surface area is 122 Å². The van der Waals surface area contributed by atoms with E-state index in [1.165, 1.54) is 41.9 Å². The fraction of sp³-hybridized carbons (Fsp3) is 0.647. The molecular weight excluding hydrogens is 250 g/mol. The number of benzene rings is 1. The third-order valence-electron chi connectivity index (χ3n) is 4.12. The Morgan fingerprint density at radius 3 is 2.37 bits per heavy atom. The normalized spacial score (nSPS) is 18.7. The Balaban J connectivity index is 1.82. The number of hydrogen-bond donors (Lipinski definition) is 1. The van der Waals surface area contributed by atoms with Crippen LogP contribution in [0.25, 0.3) is 0 Å². The van der Waals surface area contributed by atoms with Gasteiger partial charge in [-0.25, -0.2) is 0 Å². The van der Waals surface area contributed by atoms with Crippen molar-refractivity contribution in [1.29, 1.82) is 0 Å². The van der Waals surface area contributed by atoms with E-state index in [4.69, 9.17) is 5.73 Å². The molecule has 106 valence electrons. The first kappa shape index (κ1) is 14.9. The molecule has 1 aliphatic rings. The molecule has 1 unspecified atom stereocenters. The average molecular weight is 277 g/mol. The second kappa shape index (κ2) is 7.35. The van der Waals surface area contributed by atoms with Crippen LogP contribution < -0.4 is 5.73 Å². The van der Waals surface area contributed by atoms with Gasteiger partial charge in [0, 0.05) is 6.04 Å². The van der Waals surface area contributed by atoms with Crippen molar-refractivity contribution in [3.63, 3.8) is 0 Å². The summed E-state index contributed by atoms with van der Waals surface area (Å²) in [6.45, 7) is 4.48. The van der Waals surface area contributed by atoms with E-state index in [0.29, 0.717) is 12.0 Å². The Bertz CT molecular complexity index is 365. The third-order valence-corrected chi connectivity index (χ3v) is 5.17. The predicted molar refractivity (Wildman–Crippen MR) is 86.9 cm³/mol. The Morgan fingerprint density at radius 1 is 1.16 bits per heavy atom. The second-order valence-corrected chi connectivity index (χ2v) is 7.38. The summed E-state index contributed by atoms with van der Waals surface area (Å²) in [5.74, 6) is 4.15. The van der Waals surface area contributed by atoms with E-state index >= 15 is 0 Å². The van der Waals surface area contributed by atoms with Crippen LogP contribution in [0.2, 0.25) is 0 Å². The zero-order valence-corrected chi connectivity index (χ0v) is 13.1. The maximum absolute atomic E-state index is 6.33. The van der Waals surface area contributed by atoms with E-state index in [0.717, 1.165) is 12.3 Å². The van der Waals surface area contributed by atoms with Gasteiger partial charge in [0.2, 0.25) is 0 Å². The molecule has 2 N–H and O–H groups in total. The van der Waals surface area contributed by atoms with Gasteiger partial charge in [-0.15, -0.1) is 0 Å². The van der Waals surface area contributed by atoms with Gasteiger partial charge in [-0.3, -0.25) is 0 Å². The molecule has 1 fully saturated rings. The molecule has 1 saturated heterocycles. The van der Waals surface area contributed by atoms with Gasteiger partial charge in [-0.1, -0.05) is 38.1 Å². The molecule has 1 nitrogen and oxygen atoms in total. The van der Waals surface area contributed by atoms with Crippen molar-refractivity contribution in [2.45, 2.75) is 51.5 Å². The van der Waals surface area contributed by atoms with Gasteiger partial charge in [0.05, 0.1) is 0 Å². The van der Waals surface area contributed by atoms with Gasteiger partial charge in [0.1, 0.15) is 0 Å². The molecule has 0 radical (unpaired) electrons. The van der Waals surface area contributed by atoms with E-state index in [-0.39, 0.29) is 0 Å². The molecule has 0 aromatic heterocycles. The summed E-state index contributed by atoms with van der Waals surface area (Å²) in [5, 5.41) is 0. The lowest BCUT2D eigenvalue weighted by Crippen LogP contribution is -2.27. The molecule has 1 aromatic carbocycles. The van der Waals surface area contributed by atoms with Gasteiger partial charge in [0.15, 0.2) is 0 Å². The second-order valence-electron chi connectivity index (χ2n) is 6.15. The lowest BCUT2D eigenvalue weighted by Gasteiger charge is -2.24. The van der Waals surface area contributed by atoms with Crippen LogP contribution in [0.5, 0.6) is 0 Å². The summed E-state index contributed by atoms with van der Waals surface area (Å²) in [7, 11) is 0. The molecule has 1 heterocycles. The zero-order valence-electron chi connectivity index (χ0n) is 12.3. The molecular formula is C17H27NS. The molecule has 0 amide bonds. The molecule has 0 aliphatic carbocycles. The smallest absolute Gasteiger partial charge is 0.00819 e. The van der Waals surface area contributed by atoms with Crippen LogP contribution >= 0.6 is 11.8 Å². The Morgan fingerprint density at radius 2 is 1.79 bits per heavy atom. The van der Waals surface area contributed by atoms with E-state index in [1.54, 1.807) is 0 Å². The van der Waals surface area contributed by atoms with Gasteiger partial charge in [0.25, 0.3) is 0 Å². The Kier molecular flexibility index (Phi) is 5.77. The van der Waals surface area contributed by atoms with Crippen LogP contribution in [0.4, 0.5) is 0 Å². The molecule has 19 heavy (non-hydrogen) atoms. The van der Waals surface area contributed by atoms with Crippen molar-refractivity contribution in [3.05, 3.63) is 35.4 Å². The first-order chi connectivity index (χ1) is 9.15. The number of thioether (sulfide) groups is 1. The topological polar surface area (TPSA) is 26.0 Å². The minimum Gasteiger partial charge on any atom is -0.327 e. The summed E-state index contributed by atoms with van der Waals surface area (Å²) in [6.07, 6.45) is 4.96. The van der Waals surface area contributed by atoms with Gasteiger partial charge >= 0.3 is 0 Å². The van der Waals surface area contributed by atoms with E-state index in [9.17, 15) is 0 Å². The summed E-state index contributed by atoms with van der Waals surface area (Å²) < 4.78 is 0. The van der Waals surface area contributed by atoms with Crippen molar-refractivity contribution in [1.82, 2.24) is 0 Å². The van der Waals surface area contributed by atoms with Crippen LogP contribution in [0.3, 0.4) is 0 Å². The fourth-order valence-corrected chi connectivity index (χ4v) is 4.04. The molecule has 2 rings (SSSR count). The highest BCUT2D eigenvalue weighted by molar-refractivity contribution is 7.99. The third kappa shape index (κ3) is 4.85. The van der Waals surface area contributed by atoms with Crippen molar-refractivity contribution in [2.75, 3.05) is 11.5 Å². The largest absolute Gasteiger partial charge is 0.327 e. The summed E-state index contributed by atoms with van der Waals surface area (Å²) in [5.41, 5.74) is 9.14. The van der Waals surface area contributed by atoms with Crippen LogP contribution in [-0.4, -0.2) is 17.5 Å². The minimum atomic E-state index is 0.331. The van der Waals surface area contributed by atoms with E-state index in [2.05, 4.69) is 49.9 Å². The maximum atomic E-state index is 6.33. The summed E-state index contributed by atoms with van der Waals surface area (Å²) in [4.78, 5) is 0. The number of rotatable bonds is 5. The monoisotopic (exact) mass is 277 g/mol. The molecule has 1 atom stereocenters. The minimum absolute atomic E-state index is 0.331.